The highest BCUT2D eigenvalue weighted by atomic mass is 35.5. The number of carbonyl (C=O) groups excluding carboxylic acids is 1. The lowest BCUT2D eigenvalue weighted by Crippen LogP contribution is -2.57. The molecule has 5 nitrogen and oxygen atoms in total. The topological polar surface area (TPSA) is 53.6 Å². The summed E-state index contributed by atoms with van der Waals surface area (Å²) in [5.41, 5.74) is 1.51. The number of benzene rings is 2. The van der Waals surface area contributed by atoms with Gasteiger partial charge in [0.2, 0.25) is 5.91 Å². The summed E-state index contributed by atoms with van der Waals surface area (Å²) >= 11 is 5.97. The van der Waals surface area contributed by atoms with Crippen molar-refractivity contribution in [3.05, 3.63) is 59.1 Å². The molecule has 2 aromatic carbocycles. The molecule has 2 aromatic rings. The van der Waals surface area contributed by atoms with E-state index in [9.17, 15) is 4.79 Å². The highest BCUT2D eigenvalue weighted by molar-refractivity contribution is 6.30. The first-order chi connectivity index (χ1) is 13.0. The first kappa shape index (κ1) is 19.5. The van der Waals surface area contributed by atoms with Crippen LogP contribution in [0.1, 0.15) is 18.4 Å². The van der Waals surface area contributed by atoms with E-state index in [1.165, 1.54) is 5.56 Å². The van der Waals surface area contributed by atoms with Crippen molar-refractivity contribution >= 4 is 23.2 Å². The quantitative estimate of drug-likeness (QED) is 0.796. The van der Waals surface area contributed by atoms with Gasteiger partial charge in [-0.05, 0) is 42.7 Å². The minimum Gasteiger partial charge on any atom is -0.497 e. The van der Waals surface area contributed by atoms with Gasteiger partial charge in [0, 0.05) is 43.5 Å². The van der Waals surface area contributed by atoms with Crippen LogP contribution in [-0.4, -0.2) is 43.6 Å². The molecule has 144 valence electrons. The Balaban J connectivity index is 1.69. The summed E-state index contributed by atoms with van der Waals surface area (Å²) in [5, 5.41) is 7.05. The Hall–Kier alpha value is -2.24. The molecule has 6 heteroatoms. The molecule has 2 N–H and O–H groups in total. The van der Waals surface area contributed by atoms with Crippen molar-refractivity contribution in [2.24, 2.45) is 0 Å². The summed E-state index contributed by atoms with van der Waals surface area (Å²) in [5.74, 6) is 0.795. The van der Waals surface area contributed by atoms with Crippen molar-refractivity contribution in [2.75, 3.05) is 32.6 Å². The number of rotatable bonds is 6. The van der Waals surface area contributed by atoms with Crippen molar-refractivity contribution in [1.82, 2.24) is 10.2 Å². The van der Waals surface area contributed by atoms with Crippen LogP contribution in [0.5, 0.6) is 5.75 Å². The molecule has 0 bridgehead atoms. The number of methoxy groups -OCH3 is 1. The second kappa shape index (κ2) is 8.63. The SMILES string of the molecule is CNC(=O)C1(Nc2cccc(OC)c2)CCN(Cc2ccc(Cl)cc2)CC1. The molecular formula is C21H26ClN3O2. The van der Waals surface area contributed by atoms with Gasteiger partial charge in [0.1, 0.15) is 11.3 Å². The van der Waals surface area contributed by atoms with Crippen LogP contribution in [0.2, 0.25) is 5.02 Å². The van der Waals surface area contributed by atoms with Gasteiger partial charge < -0.3 is 15.4 Å². The maximum atomic E-state index is 12.7. The Kier molecular flexibility index (Phi) is 6.24. The van der Waals surface area contributed by atoms with Gasteiger partial charge in [-0.2, -0.15) is 0 Å². The number of ether oxygens (including phenoxy) is 1. The first-order valence-corrected chi connectivity index (χ1v) is 9.54. The van der Waals surface area contributed by atoms with E-state index < -0.39 is 5.54 Å². The van der Waals surface area contributed by atoms with Gasteiger partial charge in [-0.15, -0.1) is 0 Å². The molecule has 1 aliphatic rings. The zero-order valence-corrected chi connectivity index (χ0v) is 16.6. The Bertz CT molecular complexity index is 771. The predicted molar refractivity (Wildman–Crippen MR) is 109 cm³/mol. The van der Waals surface area contributed by atoms with Gasteiger partial charge in [-0.3, -0.25) is 9.69 Å². The monoisotopic (exact) mass is 387 g/mol. The number of likely N-dealkylation sites (tertiary alicyclic amines) is 1. The number of nitrogens with zero attached hydrogens (tertiary/aromatic N) is 1. The molecule has 1 heterocycles. The Labute approximate surface area is 165 Å². The largest absolute Gasteiger partial charge is 0.497 e. The third-order valence-corrected chi connectivity index (χ3v) is 5.40. The van der Waals surface area contributed by atoms with Gasteiger partial charge in [-0.25, -0.2) is 0 Å². The first-order valence-electron chi connectivity index (χ1n) is 9.16. The molecular weight excluding hydrogens is 362 g/mol. The number of carbonyl (C=O) groups is 1. The van der Waals surface area contributed by atoms with E-state index in [-0.39, 0.29) is 5.91 Å². The normalized spacial score (nSPS) is 16.6. The summed E-state index contributed by atoms with van der Waals surface area (Å²) in [6.45, 7) is 2.54. The van der Waals surface area contributed by atoms with Crippen LogP contribution in [0.3, 0.4) is 0 Å². The standard InChI is InChI=1S/C21H26ClN3O2/c1-23-20(26)21(24-18-4-3-5-19(14-18)27-2)10-12-25(13-11-21)15-16-6-8-17(22)9-7-16/h3-9,14,24H,10-13,15H2,1-2H3,(H,23,26). The van der Waals surface area contributed by atoms with Crippen LogP contribution in [-0.2, 0) is 11.3 Å². The van der Waals surface area contributed by atoms with Crippen molar-refractivity contribution < 1.29 is 9.53 Å². The van der Waals surface area contributed by atoms with Crippen LogP contribution in [0.4, 0.5) is 5.69 Å². The van der Waals surface area contributed by atoms with E-state index in [1.807, 2.05) is 36.4 Å². The minimum atomic E-state index is -0.613. The van der Waals surface area contributed by atoms with Crippen LogP contribution >= 0.6 is 11.6 Å². The minimum absolute atomic E-state index is 0.0245. The number of hydrogen-bond acceptors (Lipinski definition) is 4. The maximum Gasteiger partial charge on any atom is 0.245 e. The number of likely N-dealkylation sites (N-methyl/N-ethyl adjacent to an activating group) is 1. The maximum absolute atomic E-state index is 12.7. The fourth-order valence-electron chi connectivity index (χ4n) is 3.57. The second-order valence-corrected chi connectivity index (χ2v) is 7.36. The van der Waals surface area contributed by atoms with Gasteiger partial charge >= 0.3 is 0 Å². The molecule has 0 saturated carbocycles. The van der Waals surface area contributed by atoms with E-state index >= 15 is 0 Å². The summed E-state index contributed by atoms with van der Waals surface area (Å²) in [6.07, 6.45) is 1.47. The Morgan fingerprint density at radius 3 is 2.52 bits per heavy atom. The third kappa shape index (κ3) is 4.73. The Morgan fingerprint density at radius 1 is 1.19 bits per heavy atom. The number of nitrogens with one attached hydrogen (secondary N) is 2. The molecule has 27 heavy (non-hydrogen) atoms. The lowest BCUT2D eigenvalue weighted by atomic mass is 9.85. The van der Waals surface area contributed by atoms with Crippen LogP contribution in [0.15, 0.2) is 48.5 Å². The molecule has 0 radical (unpaired) electrons. The van der Waals surface area contributed by atoms with Crippen molar-refractivity contribution in [2.45, 2.75) is 24.9 Å². The smallest absolute Gasteiger partial charge is 0.245 e. The Morgan fingerprint density at radius 2 is 1.89 bits per heavy atom. The van der Waals surface area contributed by atoms with Gasteiger partial charge in [0.25, 0.3) is 0 Å². The van der Waals surface area contributed by atoms with E-state index in [1.54, 1.807) is 14.2 Å². The van der Waals surface area contributed by atoms with Crippen molar-refractivity contribution in [3.63, 3.8) is 0 Å². The molecule has 0 aliphatic carbocycles. The molecule has 0 unspecified atom stereocenters. The molecule has 1 fully saturated rings. The molecule has 0 atom stereocenters. The molecule has 3 rings (SSSR count). The molecule has 0 spiro atoms. The van der Waals surface area contributed by atoms with E-state index in [0.717, 1.165) is 48.9 Å². The number of hydrogen-bond donors (Lipinski definition) is 2. The number of amides is 1. The van der Waals surface area contributed by atoms with E-state index in [4.69, 9.17) is 16.3 Å². The van der Waals surface area contributed by atoms with Crippen molar-refractivity contribution in [1.29, 1.82) is 0 Å². The highest BCUT2D eigenvalue weighted by Gasteiger charge is 2.40. The lowest BCUT2D eigenvalue weighted by Gasteiger charge is -2.41. The fraction of sp³-hybridized carbons (Fsp3) is 0.381. The highest BCUT2D eigenvalue weighted by Crippen LogP contribution is 2.30. The zero-order valence-electron chi connectivity index (χ0n) is 15.8. The van der Waals surface area contributed by atoms with Crippen LogP contribution < -0.4 is 15.4 Å². The second-order valence-electron chi connectivity index (χ2n) is 6.92. The summed E-state index contributed by atoms with van der Waals surface area (Å²) < 4.78 is 5.30. The average Bonchev–Trinajstić information content (AvgIpc) is 2.70. The molecule has 1 amide bonds. The van der Waals surface area contributed by atoms with Crippen molar-refractivity contribution in [3.8, 4) is 5.75 Å². The summed E-state index contributed by atoms with van der Waals surface area (Å²) in [6, 6.07) is 15.6. The number of anilines is 1. The number of piperidine rings is 1. The lowest BCUT2D eigenvalue weighted by molar-refractivity contribution is -0.126. The molecule has 1 aliphatic heterocycles. The summed E-state index contributed by atoms with van der Waals surface area (Å²) in [7, 11) is 3.33. The average molecular weight is 388 g/mol. The van der Waals surface area contributed by atoms with Gasteiger partial charge in [0.05, 0.1) is 7.11 Å². The fourth-order valence-corrected chi connectivity index (χ4v) is 3.69. The predicted octanol–water partition coefficient (Wildman–Crippen LogP) is 3.54. The summed E-state index contributed by atoms with van der Waals surface area (Å²) in [4.78, 5) is 15.1. The number of halogens is 1. The van der Waals surface area contributed by atoms with E-state index in [2.05, 4.69) is 27.7 Å². The van der Waals surface area contributed by atoms with Gasteiger partial charge in [-0.1, -0.05) is 29.8 Å². The van der Waals surface area contributed by atoms with Gasteiger partial charge in [0.15, 0.2) is 0 Å². The van der Waals surface area contributed by atoms with E-state index in [0.29, 0.717) is 0 Å². The third-order valence-electron chi connectivity index (χ3n) is 5.14. The van der Waals surface area contributed by atoms with Crippen LogP contribution in [0, 0.1) is 0 Å². The molecule has 1 saturated heterocycles. The zero-order chi connectivity index (χ0) is 19.3. The van der Waals surface area contributed by atoms with Crippen LogP contribution in [0.25, 0.3) is 0 Å². The molecule has 0 aromatic heterocycles.